The molecule has 0 bridgehead atoms. The molecule has 0 radical (unpaired) electrons. The van der Waals surface area contributed by atoms with Gasteiger partial charge in [-0.15, -0.1) is 11.3 Å². The normalized spacial score (nSPS) is 15.5. The molecule has 0 atom stereocenters. The number of amides is 1. The fourth-order valence-corrected chi connectivity index (χ4v) is 3.73. The molecule has 1 amide bonds. The number of rotatable bonds is 5. The predicted octanol–water partition coefficient (Wildman–Crippen LogP) is 4.01. The molecule has 1 aliphatic heterocycles. The lowest BCUT2D eigenvalue weighted by atomic mass is 9.99. The van der Waals surface area contributed by atoms with Gasteiger partial charge in [0.05, 0.1) is 18.7 Å². The highest BCUT2D eigenvalue weighted by molar-refractivity contribution is 7.13. The second kappa shape index (κ2) is 7.79. The number of nitrogens with zero attached hydrogens (tertiary/aromatic N) is 2. The smallest absolute Gasteiger partial charge is 0.228 e. The SMILES string of the molecule is CCOc1ccc(-c2nc(CC(=O)N3CCC(C)CC3)cs2)cc1. The molecule has 1 saturated heterocycles. The molecule has 4 nitrogen and oxygen atoms in total. The summed E-state index contributed by atoms with van der Waals surface area (Å²) >= 11 is 1.59. The Morgan fingerprint density at radius 1 is 1.29 bits per heavy atom. The molecule has 3 rings (SSSR count). The Balaban J connectivity index is 1.61. The van der Waals surface area contributed by atoms with Crippen molar-refractivity contribution < 1.29 is 9.53 Å². The average molecular weight is 344 g/mol. The first-order valence-electron chi connectivity index (χ1n) is 8.61. The zero-order chi connectivity index (χ0) is 16.9. The van der Waals surface area contributed by atoms with Crippen molar-refractivity contribution in [1.82, 2.24) is 9.88 Å². The predicted molar refractivity (Wildman–Crippen MR) is 97.4 cm³/mol. The van der Waals surface area contributed by atoms with Crippen LogP contribution in [0.1, 0.15) is 32.4 Å². The molecule has 24 heavy (non-hydrogen) atoms. The van der Waals surface area contributed by atoms with Gasteiger partial charge in [0.1, 0.15) is 10.8 Å². The van der Waals surface area contributed by atoms with E-state index in [9.17, 15) is 4.79 Å². The van der Waals surface area contributed by atoms with Crippen LogP contribution in [0.4, 0.5) is 0 Å². The van der Waals surface area contributed by atoms with Gasteiger partial charge in [0.15, 0.2) is 0 Å². The van der Waals surface area contributed by atoms with E-state index in [1.54, 1.807) is 11.3 Å². The number of carbonyl (C=O) groups is 1. The molecule has 1 aliphatic rings. The monoisotopic (exact) mass is 344 g/mol. The van der Waals surface area contributed by atoms with Crippen LogP contribution in [-0.2, 0) is 11.2 Å². The van der Waals surface area contributed by atoms with E-state index in [0.717, 1.165) is 53.9 Å². The standard InChI is InChI=1S/C19H24N2O2S/c1-3-23-17-6-4-15(5-7-17)19-20-16(13-24-19)12-18(22)21-10-8-14(2)9-11-21/h4-7,13-14H,3,8-12H2,1-2H3. The maximum atomic E-state index is 12.4. The van der Waals surface area contributed by atoms with Gasteiger partial charge in [-0.2, -0.15) is 0 Å². The second-order valence-electron chi connectivity index (χ2n) is 6.34. The maximum absolute atomic E-state index is 12.4. The van der Waals surface area contributed by atoms with E-state index in [0.29, 0.717) is 13.0 Å². The molecule has 1 aromatic heterocycles. The molecule has 1 fully saturated rings. The Morgan fingerprint density at radius 2 is 2.00 bits per heavy atom. The molecule has 2 heterocycles. The number of hydrogen-bond acceptors (Lipinski definition) is 4. The van der Waals surface area contributed by atoms with Crippen LogP contribution in [0, 0.1) is 5.92 Å². The summed E-state index contributed by atoms with van der Waals surface area (Å²) in [6, 6.07) is 7.95. The van der Waals surface area contributed by atoms with E-state index in [1.165, 1.54) is 0 Å². The van der Waals surface area contributed by atoms with Crippen molar-refractivity contribution in [2.24, 2.45) is 5.92 Å². The van der Waals surface area contributed by atoms with Crippen LogP contribution < -0.4 is 4.74 Å². The van der Waals surface area contributed by atoms with E-state index in [2.05, 4.69) is 11.9 Å². The molecule has 2 aromatic rings. The highest BCUT2D eigenvalue weighted by Crippen LogP contribution is 2.26. The topological polar surface area (TPSA) is 42.4 Å². The summed E-state index contributed by atoms with van der Waals surface area (Å²) in [4.78, 5) is 19.0. The lowest BCUT2D eigenvalue weighted by molar-refractivity contribution is -0.131. The first kappa shape index (κ1) is 17.0. The summed E-state index contributed by atoms with van der Waals surface area (Å²) in [6.45, 7) is 6.66. The van der Waals surface area contributed by atoms with Gasteiger partial charge in [0.25, 0.3) is 0 Å². The van der Waals surface area contributed by atoms with E-state index >= 15 is 0 Å². The number of benzene rings is 1. The average Bonchev–Trinajstić information content (AvgIpc) is 3.05. The summed E-state index contributed by atoms with van der Waals surface area (Å²) in [5, 5.41) is 2.95. The summed E-state index contributed by atoms with van der Waals surface area (Å²) in [6.07, 6.45) is 2.63. The third-order valence-corrected chi connectivity index (χ3v) is 5.37. The van der Waals surface area contributed by atoms with E-state index in [4.69, 9.17) is 4.74 Å². The van der Waals surface area contributed by atoms with Crippen molar-refractivity contribution in [2.75, 3.05) is 19.7 Å². The van der Waals surface area contributed by atoms with Crippen molar-refractivity contribution in [1.29, 1.82) is 0 Å². The van der Waals surface area contributed by atoms with Gasteiger partial charge < -0.3 is 9.64 Å². The van der Waals surface area contributed by atoms with Gasteiger partial charge >= 0.3 is 0 Å². The van der Waals surface area contributed by atoms with Crippen LogP contribution in [0.3, 0.4) is 0 Å². The van der Waals surface area contributed by atoms with Gasteiger partial charge in [0, 0.05) is 24.0 Å². The quantitative estimate of drug-likeness (QED) is 0.823. The fourth-order valence-electron chi connectivity index (χ4n) is 2.91. The van der Waals surface area contributed by atoms with Crippen LogP contribution in [-0.4, -0.2) is 35.5 Å². The Labute approximate surface area is 147 Å². The summed E-state index contributed by atoms with van der Waals surface area (Å²) in [7, 11) is 0. The zero-order valence-electron chi connectivity index (χ0n) is 14.3. The molecular formula is C19H24N2O2S. The second-order valence-corrected chi connectivity index (χ2v) is 7.20. The summed E-state index contributed by atoms with van der Waals surface area (Å²) in [5.41, 5.74) is 1.93. The lowest BCUT2D eigenvalue weighted by Crippen LogP contribution is -2.38. The van der Waals surface area contributed by atoms with Crippen molar-refractivity contribution in [3.05, 3.63) is 35.3 Å². The molecule has 0 spiro atoms. The van der Waals surface area contributed by atoms with Crippen molar-refractivity contribution in [3.8, 4) is 16.3 Å². The highest BCUT2D eigenvalue weighted by Gasteiger charge is 2.21. The fraction of sp³-hybridized carbons (Fsp3) is 0.474. The Morgan fingerprint density at radius 3 is 2.67 bits per heavy atom. The van der Waals surface area contributed by atoms with Gasteiger partial charge in [-0.25, -0.2) is 4.98 Å². The minimum absolute atomic E-state index is 0.199. The number of hydrogen-bond donors (Lipinski definition) is 0. The molecule has 128 valence electrons. The minimum atomic E-state index is 0.199. The number of ether oxygens (including phenoxy) is 1. The number of thiazole rings is 1. The number of likely N-dealkylation sites (tertiary alicyclic amines) is 1. The van der Waals surface area contributed by atoms with E-state index in [1.807, 2.05) is 41.5 Å². The Kier molecular flexibility index (Phi) is 5.51. The lowest BCUT2D eigenvalue weighted by Gasteiger charge is -2.30. The highest BCUT2D eigenvalue weighted by atomic mass is 32.1. The van der Waals surface area contributed by atoms with Crippen LogP contribution >= 0.6 is 11.3 Å². The van der Waals surface area contributed by atoms with Gasteiger partial charge in [0.2, 0.25) is 5.91 Å². The molecule has 5 heteroatoms. The summed E-state index contributed by atoms with van der Waals surface area (Å²) < 4.78 is 5.46. The van der Waals surface area contributed by atoms with Crippen LogP contribution in [0.5, 0.6) is 5.75 Å². The summed E-state index contributed by atoms with van der Waals surface area (Å²) in [5.74, 6) is 1.80. The Hall–Kier alpha value is -1.88. The molecule has 0 unspecified atom stereocenters. The third kappa shape index (κ3) is 4.15. The molecule has 0 N–H and O–H groups in total. The van der Waals surface area contributed by atoms with Crippen molar-refractivity contribution >= 4 is 17.2 Å². The number of piperidine rings is 1. The van der Waals surface area contributed by atoms with Gasteiger partial charge in [-0.3, -0.25) is 4.79 Å². The molecule has 0 aliphatic carbocycles. The van der Waals surface area contributed by atoms with Crippen LogP contribution in [0.15, 0.2) is 29.6 Å². The van der Waals surface area contributed by atoms with Gasteiger partial charge in [-0.05, 0) is 49.9 Å². The first-order valence-corrected chi connectivity index (χ1v) is 9.49. The minimum Gasteiger partial charge on any atom is -0.494 e. The van der Waals surface area contributed by atoms with E-state index in [-0.39, 0.29) is 5.91 Å². The third-order valence-electron chi connectivity index (χ3n) is 4.43. The van der Waals surface area contributed by atoms with Gasteiger partial charge in [-0.1, -0.05) is 6.92 Å². The molecular weight excluding hydrogens is 320 g/mol. The van der Waals surface area contributed by atoms with Crippen molar-refractivity contribution in [2.45, 2.75) is 33.1 Å². The largest absolute Gasteiger partial charge is 0.494 e. The Bertz CT molecular complexity index is 673. The van der Waals surface area contributed by atoms with Crippen LogP contribution in [0.25, 0.3) is 10.6 Å². The van der Waals surface area contributed by atoms with Crippen molar-refractivity contribution in [3.63, 3.8) is 0 Å². The molecule has 1 aromatic carbocycles. The zero-order valence-corrected chi connectivity index (χ0v) is 15.1. The van der Waals surface area contributed by atoms with E-state index < -0.39 is 0 Å². The van der Waals surface area contributed by atoms with Crippen LogP contribution in [0.2, 0.25) is 0 Å². The number of aromatic nitrogens is 1. The maximum Gasteiger partial charge on any atom is 0.228 e. The number of carbonyl (C=O) groups excluding carboxylic acids is 1. The first-order chi connectivity index (χ1) is 11.7. The molecule has 0 saturated carbocycles.